The Balaban J connectivity index is 1.83. The van der Waals surface area contributed by atoms with Crippen molar-refractivity contribution in [3.8, 4) is 5.82 Å². The Morgan fingerprint density at radius 1 is 1.12 bits per heavy atom. The van der Waals surface area contributed by atoms with Crippen LogP contribution in [0.4, 0.5) is 14.6 Å². The third-order valence-electron chi connectivity index (χ3n) is 3.23. The zero-order chi connectivity index (χ0) is 18.0. The molecule has 0 aliphatic heterocycles. The Bertz CT molecular complexity index is 991. The fourth-order valence-corrected chi connectivity index (χ4v) is 3.24. The van der Waals surface area contributed by atoms with E-state index in [0.717, 1.165) is 24.3 Å². The van der Waals surface area contributed by atoms with E-state index >= 15 is 0 Å². The number of alkyl halides is 2. The van der Waals surface area contributed by atoms with Crippen molar-refractivity contribution < 1.29 is 17.2 Å². The fraction of sp³-hybridized carbons (Fsp3) is 0.0667. The minimum absolute atomic E-state index is 0.0413. The molecule has 130 valence electrons. The fourth-order valence-electron chi connectivity index (χ4n) is 2.03. The van der Waals surface area contributed by atoms with E-state index in [1.165, 1.54) is 23.1 Å². The van der Waals surface area contributed by atoms with E-state index in [4.69, 9.17) is 11.6 Å². The quantitative estimate of drug-likeness (QED) is 0.728. The van der Waals surface area contributed by atoms with Crippen LogP contribution < -0.4 is 4.72 Å². The summed E-state index contributed by atoms with van der Waals surface area (Å²) in [5.41, 5.74) is -0.256. The minimum Gasteiger partial charge on any atom is -0.262 e. The highest BCUT2D eigenvalue weighted by Gasteiger charge is 2.17. The first-order valence-electron chi connectivity index (χ1n) is 6.94. The molecule has 3 rings (SSSR count). The molecule has 0 aliphatic carbocycles. The molecular weight excluding hydrogens is 374 g/mol. The molecule has 0 radical (unpaired) electrons. The summed E-state index contributed by atoms with van der Waals surface area (Å²) in [5, 5.41) is 4.41. The molecule has 0 bridgehead atoms. The Morgan fingerprint density at radius 2 is 1.84 bits per heavy atom. The standard InChI is InChI=1S/C15H11ClF2N4O2S/c16-12-2-1-8-19-15(12)22-9-7-13(20-22)21-25(23,24)11-5-3-10(4-6-11)14(17)18/h1-9,14H,(H,20,21). The summed E-state index contributed by atoms with van der Waals surface area (Å²) in [6, 6.07) is 9.04. The second kappa shape index (κ2) is 6.77. The van der Waals surface area contributed by atoms with Gasteiger partial charge in [-0.05, 0) is 24.3 Å². The SMILES string of the molecule is O=S(=O)(Nc1ccn(-c2ncccc2Cl)n1)c1ccc(C(F)F)cc1. The number of sulfonamides is 1. The van der Waals surface area contributed by atoms with Crippen molar-refractivity contribution in [2.24, 2.45) is 0 Å². The molecular formula is C15H11ClF2N4O2S. The first-order chi connectivity index (χ1) is 11.9. The van der Waals surface area contributed by atoms with Crippen LogP contribution in [0.2, 0.25) is 5.02 Å². The summed E-state index contributed by atoms with van der Waals surface area (Å²) in [6.07, 6.45) is 0.354. The summed E-state index contributed by atoms with van der Waals surface area (Å²) in [4.78, 5) is 3.91. The highest BCUT2D eigenvalue weighted by atomic mass is 35.5. The zero-order valence-corrected chi connectivity index (χ0v) is 14.0. The molecule has 0 unspecified atom stereocenters. The molecule has 1 aromatic carbocycles. The average molecular weight is 385 g/mol. The molecule has 2 aromatic heterocycles. The van der Waals surface area contributed by atoms with Gasteiger partial charge in [0.2, 0.25) is 0 Å². The summed E-state index contributed by atoms with van der Waals surface area (Å²) >= 11 is 6.01. The highest BCUT2D eigenvalue weighted by molar-refractivity contribution is 7.92. The van der Waals surface area contributed by atoms with Crippen LogP contribution >= 0.6 is 11.6 Å². The Kier molecular flexibility index (Phi) is 4.69. The van der Waals surface area contributed by atoms with E-state index in [1.54, 1.807) is 12.1 Å². The molecule has 0 atom stereocenters. The number of hydrogen-bond acceptors (Lipinski definition) is 4. The first kappa shape index (κ1) is 17.3. The van der Waals surface area contributed by atoms with Crippen LogP contribution in [0, 0.1) is 0 Å². The maximum absolute atomic E-state index is 12.5. The van der Waals surface area contributed by atoms with Crippen molar-refractivity contribution in [3.05, 3.63) is 65.4 Å². The lowest BCUT2D eigenvalue weighted by molar-refractivity contribution is 0.151. The van der Waals surface area contributed by atoms with Crippen molar-refractivity contribution in [3.63, 3.8) is 0 Å². The monoisotopic (exact) mass is 384 g/mol. The maximum Gasteiger partial charge on any atom is 0.263 e. The Labute approximate surface area is 147 Å². The third-order valence-corrected chi connectivity index (χ3v) is 4.89. The third kappa shape index (κ3) is 3.77. The van der Waals surface area contributed by atoms with Gasteiger partial charge in [-0.15, -0.1) is 5.10 Å². The number of aromatic nitrogens is 3. The van der Waals surface area contributed by atoms with Crippen molar-refractivity contribution >= 4 is 27.4 Å². The van der Waals surface area contributed by atoms with Gasteiger partial charge in [0, 0.05) is 24.0 Å². The minimum atomic E-state index is -3.96. The van der Waals surface area contributed by atoms with Gasteiger partial charge in [-0.2, -0.15) is 0 Å². The van der Waals surface area contributed by atoms with Crippen molar-refractivity contribution in [2.45, 2.75) is 11.3 Å². The number of rotatable bonds is 5. The summed E-state index contributed by atoms with van der Waals surface area (Å²) < 4.78 is 53.3. The van der Waals surface area contributed by atoms with E-state index in [-0.39, 0.29) is 16.3 Å². The molecule has 0 amide bonds. The molecule has 2 heterocycles. The number of nitrogens with one attached hydrogen (secondary N) is 1. The summed E-state index contributed by atoms with van der Waals surface area (Å²) in [7, 11) is -3.96. The zero-order valence-electron chi connectivity index (χ0n) is 12.5. The normalized spacial score (nSPS) is 11.7. The Hall–Kier alpha value is -2.52. The van der Waals surface area contributed by atoms with E-state index in [2.05, 4.69) is 14.8 Å². The average Bonchev–Trinajstić information content (AvgIpc) is 3.03. The maximum atomic E-state index is 12.5. The van der Waals surface area contributed by atoms with Crippen LogP contribution in [0.5, 0.6) is 0 Å². The van der Waals surface area contributed by atoms with Gasteiger partial charge in [-0.25, -0.2) is 26.9 Å². The molecule has 0 fully saturated rings. The van der Waals surface area contributed by atoms with Gasteiger partial charge in [0.05, 0.1) is 9.92 Å². The predicted molar refractivity (Wildman–Crippen MR) is 88.6 cm³/mol. The molecule has 6 nitrogen and oxygen atoms in total. The molecule has 25 heavy (non-hydrogen) atoms. The van der Waals surface area contributed by atoms with Gasteiger partial charge < -0.3 is 0 Å². The molecule has 0 spiro atoms. The van der Waals surface area contributed by atoms with E-state index in [1.807, 2.05) is 0 Å². The van der Waals surface area contributed by atoms with Crippen LogP contribution in [0.15, 0.2) is 59.8 Å². The largest absolute Gasteiger partial charge is 0.263 e. The lowest BCUT2D eigenvalue weighted by atomic mass is 10.2. The van der Waals surface area contributed by atoms with Gasteiger partial charge in [0.25, 0.3) is 16.4 Å². The number of nitrogens with zero attached hydrogens (tertiary/aromatic N) is 3. The molecule has 10 heteroatoms. The number of anilines is 1. The molecule has 0 saturated carbocycles. The van der Waals surface area contributed by atoms with E-state index in [0.29, 0.717) is 10.8 Å². The van der Waals surface area contributed by atoms with Gasteiger partial charge in [-0.1, -0.05) is 23.7 Å². The second-order valence-corrected chi connectivity index (χ2v) is 7.02. The number of benzene rings is 1. The number of pyridine rings is 1. The molecule has 3 aromatic rings. The van der Waals surface area contributed by atoms with Crippen molar-refractivity contribution in [1.82, 2.24) is 14.8 Å². The van der Waals surface area contributed by atoms with Gasteiger partial charge in [0.15, 0.2) is 11.6 Å². The van der Waals surface area contributed by atoms with Crippen molar-refractivity contribution in [2.75, 3.05) is 4.72 Å². The summed E-state index contributed by atoms with van der Waals surface area (Å²) in [5.74, 6) is 0.385. The lowest BCUT2D eigenvalue weighted by Gasteiger charge is -2.07. The van der Waals surface area contributed by atoms with Crippen LogP contribution in [0.1, 0.15) is 12.0 Å². The van der Waals surface area contributed by atoms with Crippen LogP contribution in [-0.4, -0.2) is 23.2 Å². The lowest BCUT2D eigenvalue weighted by Crippen LogP contribution is -2.13. The first-order valence-corrected chi connectivity index (χ1v) is 8.80. The van der Waals surface area contributed by atoms with Crippen molar-refractivity contribution in [1.29, 1.82) is 0 Å². The Morgan fingerprint density at radius 3 is 2.48 bits per heavy atom. The highest BCUT2D eigenvalue weighted by Crippen LogP contribution is 2.22. The number of halogens is 3. The van der Waals surface area contributed by atoms with Crippen LogP contribution in [-0.2, 0) is 10.0 Å². The molecule has 0 saturated heterocycles. The van der Waals surface area contributed by atoms with Crippen LogP contribution in [0.25, 0.3) is 5.82 Å². The predicted octanol–water partition coefficient (Wildman–Crippen LogP) is 3.66. The number of hydrogen-bond donors (Lipinski definition) is 1. The van der Waals surface area contributed by atoms with E-state index in [9.17, 15) is 17.2 Å². The summed E-state index contributed by atoms with van der Waals surface area (Å²) in [6.45, 7) is 0. The second-order valence-electron chi connectivity index (χ2n) is 4.93. The topological polar surface area (TPSA) is 76.9 Å². The van der Waals surface area contributed by atoms with Gasteiger partial charge >= 0.3 is 0 Å². The van der Waals surface area contributed by atoms with Gasteiger partial charge in [0.1, 0.15) is 0 Å². The van der Waals surface area contributed by atoms with E-state index < -0.39 is 16.4 Å². The van der Waals surface area contributed by atoms with Gasteiger partial charge in [-0.3, -0.25) is 4.72 Å². The van der Waals surface area contributed by atoms with Crippen LogP contribution in [0.3, 0.4) is 0 Å². The molecule has 1 N–H and O–H groups in total. The molecule has 0 aliphatic rings. The smallest absolute Gasteiger partial charge is 0.262 e.